The van der Waals surface area contributed by atoms with Crippen LogP contribution in [-0.4, -0.2) is 24.5 Å². The van der Waals surface area contributed by atoms with Crippen molar-refractivity contribution in [3.8, 4) is 11.5 Å². The lowest BCUT2D eigenvalue weighted by Gasteiger charge is -1.87. The fraction of sp³-hybridized carbons (Fsp3) is 0.286. The second-order valence-electron chi connectivity index (χ2n) is 2.92. The first-order valence-corrected chi connectivity index (χ1v) is 4.73. The fourth-order valence-corrected chi connectivity index (χ4v) is 1.66. The van der Waals surface area contributed by atoms with E-state index < -0.39 is 0 Å². The van der Waals surface area contributed by atoms with E-state index in [-0.39, 0.29) is 0 Å². The molecule has 2 aromatic rings. The van der Waals surface area contributed by atoms with Crippen LogP contribution >= 0.6 is 15.9 Å². The lowest BCUT2D eigenvalue weighted by molar-refractivity contribution is 0.760. The van der Waals surface area contributed by atoms with Gasteiger partial charge in [-0.2, -0.15) is 10.1 Å². The van der Waals surface area contributed by atoms with Gasteiger partial charge in [-0.05, 0) is 15.9 Å². The van der Waals surface area contributed by atoms with E-state index >= 15 is 0 Å². The summed E-state index contributed by atoms with van der Waals surface area (Å²) in [6.07, 6.45) is 1.84. The lowest BCUT2D eigenvalue weighted by atomic mass is 10.4. The molecule has 0 bridgehead atoms. The summed E-state index contributed by atoms with van der Waals surface area (Å²) < 4.78 is 4.05. The van der Waals surface area contributed by atoms with Crippen LogP contribution in [0.2, 0.25) is 0 Å². The first kappa shape index (κ1) is 9.20. The maximum atomic E-state index is 5.57. The molecule has 2 heterocycles. The highest BCUT2D eigenvalue weighted by Gasteiger charge is 2.13. The number of aryl methyl sites for hydroxylation is 2. The molecule has 0 aliphatic heterocycles. The van der Waals surface area contributed by atoms with Gasteiger partial charge in [0.2, 0.25) is 11.8 Å². The van der Waals surface area contributed by atoms with E-state index in [4.69, 9.17) is 5.73 Å². The van der Waals surface area contributed by atoms with Crippen molar-refractivity contribution in [2.45, 2.75) is 0 Å². The van der Waals surface area contributed by atoms with Crippen molar-refractivity contribution in [1.29, 1.82) is 0 Å². The number of aromatic nitrogens is 5. The molecule has 0 fully saturated rings. The number of nitrogens with two attached hydrogens (primary N) is 1. The lowest BCUT2D eigenvalue weighted by Crippen LogP contribution is -1.97. The highest BCUT2D eigenvalue weighted by molar-refractivity contribution is 9.10. The predicted octanol–water partition coefficient (Wildman–Crippen LogP) is 0.560. The Morgan fingerprint density at radius 2 is 2.07 bits per heavy atom. The van der Waals surface area contributed by atoms with E-state index in [2.05, 4.69) is 31.1 Å². The largest absolute Gasteiger partial charge is 0.368 e. The van der Waals surface area contributed by atoms with Gasteiger partial charge in [0, 0.05) is 20.3 Å². The van der Waals surface area contributed by atoms with Gasteiger partial charge < -0.3 is 5.73 Å². The van der Waals surface area contributed by atoms with Gasteiger partial charge in [0.1, 0.15) is 5.69 Å². The molecule has 0 aliphatic carbocycles. The number of nitrogens with zero attached hydrogens (tertiary/aromatic N) is 5. The second-order valence-corrected chi connectivity index (χ2v) is 3.77. The van der Waals surface area contributed by atoms with Gasteiger partial charge in [-0.1, -0.05) is 0 Å². The van der Waals surface area contributed by atoms with Crippen LogP contribution in [0.5, 0.6) is 0 Å². The SMILES string of the molecule is Cn1cc(Br)c(-c2nc(N)n(C)n2)n1. The van der Waals surface area contributed by atoms with Crippen molar-refractivity contribution in [2.24, 2.45) is 14.1 Å². The van der Waals surface area contributed by atoms with Crippen LogP contribution in [0.25, 0.3) is 11.5 Å². The molecule has 2 N–H and O–H groups in total. The third kappa shape index (κ3) is 1.39. The van der Waals surface area contributed by atoms with Gasteiger partial charge >= 0.3 is 0 Å². The Morgan fingerprint density at radius 3 is 2.50 bits per heavy atom. The zero-order valence-corrected chi connectivity index (χ0v) is 9.35. The summed E-state index contributed by atoms with van der Waals surface area (Å²) >= 11 is 3.37. The van der Waals surface area contributed by atoms with Gasteiger partial charge in [0.15, 0.2) is 0 Å². The average molecular weight is 257 g/mol. The monoisotopic (exact) mass is 256 g/mol. The quantitative estimate of drug-likeness (QED) is 0.810. The maximum absolute atomic E-state index is 5.57. The average Bonchev–Trinajstić information content (AvgIpc) is 2.57. The van der Waals surface area contributed by atoms with Crippen molar-refractivity contribution in [3.63, 3.8) is 0 Å². The molecule has 0 aliphatic rings. The molecule has 2 aromatic heterocycles. The molecule has 0 amide bonds. The summed E-state index contributed by atoms with van der Waals surface area (Å²) in [5.74, 6) is 0.898. The van der Waals surface area contributed by atoms with Gasteiger partial charge in [-0.3, -0.25) is 4.68 Å². The number of nitrogen functional groups attached to an aromatic ring is 1. The summed E-state index contributed by atoms with van der Waals surface area (Å²) in [6.45, 7) is 0. The molecule has 0 unspecified atom stereocenters. The van der Waals surface area contributed by atoms with Crippen LogP contribution < -0.4 is 5.73 Å². The second kappa shape index (κ2) is 3.09. The Hall–Kier alpha value is -1.37. The molecule has 2 rings (SSSR count). The van der Waals surface area contributed by atoms with Crippen molar-refractivity contribution in [3.05, 3.63) is 10.7 Å². The first-order chi connectivity index (χ1) is 6.58. The summed E-state index contributed by atoms with van der Waals surface area (Å²) in [5, 5.41) is 8.34. The molecular weight excluding hydrogens is 248 g/mol. The Bertz CT molecular complexity index is 451. The first-order valence-electron chi connectivity index (χ1n) is 3.94. The van der Waals surface area contributed by atoms with Crippen molar-refractivity contribution in [2.75, 3.05) is 5.73 Å². The molecule has 14 heavy (non-hydrogen) atoms. The smallest absolute Gasteiger partial charge is 0.218 e. The Labute approximate surface area is 88.9 Å². The number of anilines is 1. The normalized spacial score (nSPS) is 10.8. The third-order valence-electron chi connectivity index (χ3n) is 1.79. The summed E-state index contributed by atoms with van der Waals surface area (Å²) in [6, 6.07) is 0. The fourth-order valence-electron chi connectivity index (χ4n) is 1.11. The highest BCUT2D eigenvalue weighted by Crippen LogP contribution is 2.23. The Morgan fingerprint density at radius 1 is 1.36 bits per heavy atom. The standard InChI is InChI=1S/C7H9BrN6/c1-13-3-4(8)5(11-13)6-10-7(9)14(2)12-6/h3H,1-2H3,(H2,9,10,12). The van der Waals surface area contributed by atoms with Crippen LogP contribution in [0.4, 0.5) is 5.95 Å². The topological polar surface area (TPSA) is 74.6 Å². The molecule has 0 aromatic carbocycles. The molecule has 0 atom stereocenters. The molecule has 0 radical (unpaired) electrons. The highest BCUT2D eigenvalue weighted by atomic mass is 79.9. The van der Waals surface area contributed by atoms with E-state index in [9.17, 15) is 0 Å². The minimum Gasteiger partial charge on any atom is -0.368 e. The van der Waals surface area contributed by atoms with Gasteiger partial charge in [0.05, 0.1) is 4.47 Å². The van der Waals surface area contributed by atoms with Gasteiger partial charge in [-0.15, -0.1) is 5.10 Å². The summed E-state index contributed by atoms with van der Waals surface area (Å²) in [5.41, 5.74) is 6.27. The molecule has 0 saturated heterocycles. The molecule has 0 spiro atoms. The van der Waals surface area contributed by atoms with E-state index in [1.807, 2.05) is 13.2 Å². The van der Waals surface area contributed by atoms with Crippen LogP contribution in [0.3, 0.4) is 0 Å². The number of rotatable bonds is 1. The van der Waals surface area contributed by atoms with E-state index in [0.717, 1.165) is 4.47 Å². The number of halogens is 1. The van der Waals surface area contributed by atoms with Crippen LogP contribution in [0, 0.1) is 0 Å². The minimum absolute atomic E-state index is 0.373. The van der Waals surface area contributed by atoms with Crippen LogP contribution in [0.1, 0.15) is 0 Å². The van der Waals surface area contributed by atoms with E-state index in [1.165, 1.54) is 4.68 Å². The summed E-state index contributed by atoms with van der Waals surface area (Å²) in [7, 11) is 3.57. The number of hydrogen-bond acceptors (Lipinski definition) is 4. The molecule has 7 heteroatoms. The van der Waals surface area contributed by atoms with E-state index in [0.29, 0.717) is 17.5 Å². The zero-order valence-electron chi connectivity index (χ0n) is 7.77. The van der Waals surface area contributed by atoms with Crippen molar-refractivity contribution < 1.29 is 0 Å². The van der Waals surface area contributed by atoms with Gasteiger partial charge in [0.25, 0.3) is 0 Å². The van der Waals surface area contributed by atoms with E-state index in [1.54, 1.807) is 11.7 Å². The van der Waals surface area contributed by atoms with Crippen LogP contribution in [-0.2, 0) is 14.1 Å². The molecule has 0 saturated carbocycles. The number of hydrogen-bond donors (Lipinski definition) is 1. The Kier molecular flexibility index (Phi) is 2.03. The molecular formula is C7H9BrN6. The predicted molar refractivity (Wildman–Crippen MR) is 55.3 cm³/mol. The third-order valence-corrected chi connectivity index (χ3v) is 2.37. The van der Waals surface area contributed by atoms with Crippen LogP contribution in [0.15, 0.2) is 10.7 Å². The maximum Gasteiger partial charge on any atom is 0.218 e. The summed E-state index contributed by atoms with van der Waals surface area (Å²) in [4.78, 5) is 4.08. The minimum atomic E-state index is 0.373. The Balaban J connectivity index is 2.54. The van der Waals surface area contributed by atoms with Crippen molar-refractivity contribution in [1.82, 2.24) is 24.5 Å². The molecule has 6 nitrogen and oxygen atoms in total. The zero-order chi connectivity index (χ0) is 10.3. The van der Waals surface area contributed by atoms with Crippen molar-refractivity contribution >= 4 is 21.9 Å². The molecule has 74 valence electrons. The van der Waals surface area contributed by atoms with Gasteiger partial charge in [-0.25, -0.2) is 4.68 Å².